The Morgan fingerprint density at radius 2 is 1.90 bits per heavy atom. The quantitative estimate of drug-likeness (QED) is 0.879. The van der Waals surface area contributed by atoms with E-state index in [2.05, 4.69) is 10.6 Å². The van der Waals surface area contributed by atoms with Crippen molar-refractivity contribution in [3.8, 4) is 0 Å². The number of piperidine rings is 1. The molecule has 0 aliphatic carbocycles. The number of amides is 1. The lowest BCUT2D eigenvalue weighted by Crippen LogP contribution is -2.51. The molecule has 0 spiro atoms. The summed E-state index contributed by atoms with van der Waals surface area (Å²) in [5.41, 5.74) is -0.502. The van der Waals surface area contributed by atoms with Crippen molar-refractivity contribution in [1.82, 2.24) is 10.6 Å². The van der Waals surface area contributed by atoms with E-state index in [-0.39, 0.29) is 36.0 Å². The van der Waals surface area contributed by atoms with Crippen LogP contribution in [-0.4, -0.2) is 24.5 Å². The molecule has 2 rings (SSSR count). The maximum Gasteiger partial charge on any atom is 0.416 e. The smallest absolute Gasteiger partial charge is 0.348 e. The molecule has 21 heavy (non-hydrogen) atoms. The Bertz CT molecular complexity index is 476. The van der Waals surface area contributed by atoms with E-state index in [1.807, 2.05) is 6.92 Å². The maximum absolute atomic E-state index is 12.4. The molecule has 0 bridgehead atoms. The summed E-state index contributed by atoms with van der Waals surface area (Å²) in [5.74, 6) is -0.334. The average Bonchev–Trinajstić information content (AvgIpc) is 2.40. The Kier molecular flexibility index (Phi) is 6.04. The van der Waals surface area contributed by atoms with Gasteiger partial charge in [-0.15, -0.1) is 12.4 Å². The van der Waals surface area contributed by atoms with Crippen LogP contribution in [0.4, 0.5) is 13.2 Å². The molecule has 0 aromatic heterocycles. The van der Waals surface area contributed by atoms with E-state index in [0.29, 0.717) is 0 Å². The zero-order valence-corrected chi connectivity index (χ0v) is 12.4. The van der Waals surface area contributed by atoms with Crippen LogP contribution >= 0.6 is 12.4 Å². The lowest BCUT2D eigenvalue weighted by Gasteiger charge is -2.30. The van der Waals surface area contributed by atoms with E-state index in [9.17, 15) is 18.0 Å². The third-order valence-electron chi connectivity index (χ3n) is 3.55. The molecular weight excluding hydrogens is 305 g/mol. The van der Waals surface area contributed by atoms with Gasteiger partial charge in [0.1, 0.15) is 0 Å². The van der Waals surface area contributed by atoms with Gasteiger partial charge in [0.25, 0.3) is 5.91 Å². The van der Waals surface area contributed by atoms with Gasteiger partial charge >= 0.3 is 6.18 Å². The lowest BCUT2D eigenvalue weighted by molar-refractivity contribution is -0.137. The SMILES string of the molecule is CC1NCCCC1NC(=O)c1ccc(C(F)(F)F)cc1.Cl. The normalized spacial score (nSPS) is 22.3. The summed E-state index contributed by atoms with van der Waals surface area (Å²) in [6, 6.07) is 4.45. The van der Waals surface area contributed by atoms with Crippen LogP contribution in [0, 0.1) is 0 Å². The van der Waals surface area contributed by atoms with Crippen molar-refractivity contribution in [2.75, 3.05) is 6.54 Å². The average molecular weight is 323 g/mol. The molecule has 1 heterocycles. The van der Waals surface area contributed by atoms with Gasteiger partial charge in [-0.2, -0.15) is 13.2 Å². The van der Waals surface area contributed by atoms with Crippen LogP contribution in [0.2, 0.25) is 0 Å². The first-order valence-electron chi connectivity index (χ1n) is 6.59. The molecule has 1 aromatic carbocycles. The molecule has 7 heteroatoms. The van der Waals surface area contributed by atoms with Gasteiger partial charge in [-0.05, 0) is 50.6 Å². The highest BCUT2D eigenvalue weighted by atomic mass is 35.5. The van der Waals surface area contributed by atoms with Gasteiger partial charge in [0.15, 0.2) is 0 Å². The molecule has 2 unspecified atom stereocenters. The van der Waals surface area contributed by atoms with E-state index in [0.717, 1.165) is 31.5 Å². The number of carbonyl (C=O) groups is 1. The van der Waals surface area contributed by atoms with Crippen LogP contribution < -0.4 is 10.6 Å². The van der Waals surface area contributed by atoms with Crippen LogP contribution in [-0.2, 0) is 6.18 Å². The Morgan fingerprint density at radius 3 is 2.43 bits per heavy atom. The standard InChI is InChI=1S/C14H17F3N2O.ClH/c1-9-12(3-2-8-18-9)19-13(20)10-4-6-11(7-5-10)14(15,16)17;/h4-7,9,12,18H,2-3,8H2,1H3,(H,19,20);1H. The molecule has 1 saturated heterocycles. The maximum atomic E-state index is 12.4. The number of hydrogen-bond acceptors (Lipinski definition) is 2. The Morgan fingerprint density at radius 1 is 1.29 bits per heavy atom. The van der Waals surface area contributed by atoms with Crippen molar-refractivity contribution in [3.05, 3.63) is 35.4 Å². The van der Waals surface area contributed by atoms with E-state index in [1.165, 1.54) is 12.1 Å². The predicted octanol–water partition coefficient (Wildman–Crippen LogP) is 3.00. The molecule has 3 nitrogen and oxygen atoms in total. The van der Waals surface area contributed by atoms with Crippen molar-refractivity contribution < 1.29 is 18.0 Å². The van der Waals surface area contributed by atoms with Crippen LogP contribution in [0.25, 0.3) is 0 Å². The van der Waals surface area contributed by atoms with E-state index >= 15 is 0 Å². The van der Waals surface area contributed by atoms with Crippen molar-refractivity contribution in [2.45, 2.75) is 38.0 Å². The number of alkyl halides is 3. The fraction of sp³-hybridized carbons (Fsp3) is 0.500. The zero-order chi connectivity index (χ0) is 14.8. The minimum absolute atomic E-state index is 0. The molecule has 1 fully saturated rings. The van der Waals surface area contributed by atoms with Gasteiger partial charge in [0.2, 0.25) is 0 Å². The zero-order valence-electron chi connectivity index (χ0n) is 11.5. The monoisotopic (exact) mass is 322 g/mol. The molecular formula is C14H18ClF3N2O. The van der Waals surface area contributed by atoms with Crippen LogP contribution in [0.3, 0.4) is 0 Å². The Balaban J connectivity index is 0.00000220. The molecule has 2 atom stereocenters. The highest BCUT2D eigenvalue weighted by Gasteiger charge is 2.30. The summed E-state index contributed by atoms with van der Waals surface area (Å²) >= 11 is 0. The van der Waals surface area contributed by atoms with Crippen molar-refractivity contribution in [3.63, 3.8) is 0 Å². The summed E-state index contributed by atoms with van der Waals surface area (Å²) < 4.78 is 37.3. The largest absolute Gasteiger partial charge is 0.416 e. The topological polar surface area (TPSA) is 41.1 Å². The fourth-order valence-electron chi connectivity index (χ4n) is 2.30. The van der Waals surface area contributed by atoms with Crippen molar-refractivity contribution in [2.24, 2.45) is 0 Å². The Hall–Kier alpha value is -1.27. The summed E-state index contributed by atoms with van der Waals surface area (Å²) in [6.45, 7) is 2.91. The summed E-state index contributed by atoms with van der Waals surface area (Å²) in [4.78, 5) is 12.0. The second kappa shape index (κ2) is 7.13. The number of hydrogen-bond donors (Lipinski definition) is 2. The number of nitrogens with one attached hydrogen (secondary N) is 2. The van der Waals surface area contributed by atoms with Gasteiger partial charge in [0.05, 0.1) is 5.56 Å². The van der Waals surface area contributed by atoms with Gasteiger partial charge in [-0.3, -0.25) is 4.79 Å². The Labute approximate surface area is 127 Å². The van der Waals surface area contributed by atoms with Crippen molar-refractivity contribution in [1.29, 1.82) is 0 Å². The number of carbonyl (C=O) groups excluding carboxylic acids is 1. The molecule has 2 N–H and O–H groups in total. The summed E-state index contributed by atoms with van der Waals surface area (Å²) in [5, 5.41) is 6.11. The molecule has 1 aliphatic heterocycles. The first-order chi connectivity index (χ1) is 9.38. The summed E-state index contributed by atoms with van der Waals surface area (Å²) in [7, 11) is 0. The summed E-state index contributed by atoms with van der Waals surface area (Å²) in [6.07, 6.45) is -2.53. The minimum atomic E-state index is -4.38. The molecule has 0 saturated carbocycles. The van der Waals surface area contributed by atoms with E-state index in [4.69, 9.17) is 0 Å². The third-order valence-corrected chi connectivity index (χ3v) is 3.55. The molecule has 1 aromatic rings. The lowest BCUT2D eigenvalue weighted by atomic mass is 9.99. The van der Waals surface area contributed by atoms with Crippen LogP contribution in [0.15, 0.2) is 24.3 Å². The first-order valence-corrected chi connectivity index (χ1v) is 6.59. The van der Waals surface area contributed by atoms with Gasteiger partial charge in [-0.25, -0.2) is 0 Å². The number of benzene rings is 1. The number of halogens is 4. The van der Waals surface area contributed by atoms with Crippen LogP contribution in [0.1, 0.15) is 35.7 Å². The van der Waals surface area contributed by atoms with Gasteiger partial charge in [0, 0.05) is 17.6 Å². The first kappa shape index (κ1) is 17.8. The fourth-order valence-corrected chi connectivity index (χ4v) is 2.30. The predicted molar refractivity (Wildman–Crippen MR) is 76.6 cm³/mol. The van der Waals surface area contributed by atoms with Gasteiger partial charge in [-0.1, -0.05) is 0 Å². The second-order valence-corrected chi connectivity index (χ2v) is 5.04. The highest BCUT2D eigenvalue weighted by Crippen LogP contribution is 2.29. The molecule has 1 aliphatic rings. The highest BCUT2D eigenvalue weighted by molar-refractivity contribution is 5.94. The minimum Gasteiger partial charge on any atom is -0.348 e. The van der Waals surface area contributed by atoms with Crippen molar-refractivity contribution >= 4 is 18.3 Å². The van der Waals surface area contributed by atoms with E-state index < -0.39 is 11.7 Å². The molecule has 1 amide bonds. The molecule has 0 radical (unpaired) electrons. The molecule has 118 valence electrons. The number of rotatable bonds is 2. The van der Waals surface area contributed by atoms with Gasteiger partial charge < -0.3 is 10.6 Å². The third kappa shape index (κ3) is 4.61. The van der Waals surface area contributed by atoms with E-state index in [1.54, 1.807) is 0 Å². The second-order valence-electron chi connectivity index (χ2n) is 5.04. The van der Waals surface area contributed by atoms with Crippen LogP contribution in [0.5, 0.6) is 0 Å².